The molecule has 16 heavy (non-hydrogen) atoms. The molecule has 0 atom stereocenters. The number of esters is 1. The topological polar surface area (TPSA) is 52.3 Å². The number of hydrogen-bond donors (Lipinski definition) is 1. The smallest absolute Gasteiger partial charge is 0.340 e. The van der Waals surface area contributed by atoms with E-state index in [9.17, 15) is 9.18 Å². The third kappa shape index (κ3) is 3.20. The van der Waals surface area contributed by atoms with E-state index in [0.717, 1.165) is 0 Å². The number of carbonyl (C=O) groups is 1. The molecule has 88 valence electrons. The number of anilines is 1. The van der Waals surface area contributed by atoms with Crippen LogP contribution in [0.3, 0.4) is 0 Å². The summed E-state index contributed by atoms with van der Waals surface area (Å²) in [6.45, 7) is 5.19. The van der Waals surface area contributed by atoms with Gasteiger partial charge in [-0.3, -0.25) is 0 Å². The lowest BCUT2D eigenvalue weighted by molar-refractivity contribution is 0.00703. The number of halogens is 2. The fourth-order valence-corrected chi connectivity index (χ4v) is 1.52. The largest absolute Gasteiger partial charge is 0.456 e. The quantitative estimate of drug-likeness (QED) is 0.638. The van der Waals surface area contributed by atoms with Crippen molar-refractivity contribution in [3.63, 3.8) is 0 Å². The first-order chi connectivity index (χ1) is 7.20. The molecule has 0 aliphatic carbocycles. The molecular weight excluding hydrogens is 277 g/mol. The molecule has 3 nitrogen and oxygen atoms in total. The molecule has 0 spiro atoms. The fourth-order valence-electron chi connectivity index (χ4n) is 1.09. The fraction of sp³-hybridized carbons (Fsp3) is 0.364. The minimum atomic E-state index is -0.643. The van der Waals surface area contributed by atoms with Gasteiger partial charge in [0.1, 0.15) is 11.4 Å². The van der Waals surface area contributed by atoms with Gasteiger partial charge < -0.3 is 10.5 Å². The average molecular weight is 290 g/mol. The summed E-state index contributed by atoms with van der Waals surface area (Å²) in [7, 11) is 0. The van der Waals surface area contributed by atoms with Crippen LogP contribution >= 0.6 is 15.9 Å². The molecule has 0 aliphatic rings. The molecule has 0 saturated heterocycles. The first-order valence-corrected chi connectivity index (χ1v) is 5.48. The Bertz CT molecular complexity index is 427. The molecule has 0 aromatic heterocycles. The number of nitrogens with two attached hydrogens (primary N) is 1. The zero-order valence-corrected chi connectivity index (χ0v) is 10.9. The lowest BCUT2D eigenvalue weighted by Crippen LogP contribution is -2.24. The summed E-state index contributed by atoms with van der Waals surface area (Å²) in [6.07, 6.45) is 0. The molecule has 0 fully saturated rings. The minimum absolute atomic E-state index is 0.0294. The Kier molecular flexibility index (Phi) is 3.57. The molecule has 5 heteroatoms. The Balaban J connectivity index is 3.09. The summed E-state index contributed by atoms with van der Waals surface area (Å²) in [5.74, 6) is -1.28. The van der Waals surface area contributed by atoms with Gasteiger partial charge in [0.2, 0.25) is 0 Å². The van der Waals surface area contributed by atoms with Crippen LogP contribution in [0.1, 0.15) is 31.1 Å². The SMILES string of the molecule is CC(C)(C)OC(=O)c1cc(Br)cc(F)c1N. The maximum atomic E-state index is 13.3. The molecule has 0 saturated carbocycles. The summed E-state index contributed by atoms with van der Waals surface area (Å²) in [5.41, 5.74) is 4.67. The first-order valence-electron chi connectivity index (χ1n) is 4.68. The van der Waals surface area contributed by atoms with Gasteiger partial charge in [0.15, 0.2) is 0 Å². The monoisotopic (exact) mass is 289 g/mol. The van der Waals surface area contributed by atoms with E-state index in [4.69, 9.17) is 10.5 Å². The molecule has 0 amide bonds. The van der Waals surface area contributed by atoms with Crippen LogP contribution in [-0.4, -0.2) is 11.6 Å². The Morgan fingerprint density at radius 1 is 1.44 bits per heavy atom. The Morgan fingerprint density at radius 2 is 2.00 bits per heavy atom. The molecule has 0 radical (unpaired) electrons. The van der Waals surface area contributed by atoms with Crippen molar-refractivity contribution in [2.24, 2.45) is 0 Å². The highest BCUT2D eigenvalue weighted by Crippen LogP contribution is 2.24. The highest BCUT2D eigenvalue weighted by Gasteiger charge is 2.21. The molecule has 0 bridgehead atoms. The predicted molar refractivity (Wildman–Crippen MR) is 63.7 cm³/mol. The van der Waals surface area contributed by atoms with Gasteiger partial charge in [0.25, 0.3) is 0 Å². The maximum Gasteiger partial charge on any atom is 0.340 e. The second kappa shape index (κ2) is 4.41. The minimum Gasteiger partial charge on any atom is -0.456 e. The van der Waals surface area contributed by atoms with Gasteiger partial charge in [-0.25, -0.2) is 9.18 Å². The number of hydrogen-bond acceptors (Lipinski definition) is 3. The second-order valence-electron chi connectivity index (χ2n) is 4.35. The van der Waals surface area contributed by atoms with Crippen LogP contribution in [0.25, 0.3) is 0 Å². The molecule has 0 heterocycles. The van der Waals surface area contributed by atoms with Crippen molar-refractivity contribution in [3.05, 3.63) is 28.0 Å². The summed E-state index contributed by atoms with van der Waals surface area (Å²) in [4.78, 5) is 11.7. The van der Waals surface area contributed by atoms with E-state index < -0.39 is 17.4 Å². The number of benzene rings is 1. The molecular formula is C11H13BrFNO2. The van der Waals surface area contributed by atoms with Crippen LogP contribution in [-0.2, 0) is 4.74 Å². The van der Waals surface area contributed by atoms with Gasteiger partial charge in [0, 0.05) is 4.47 Å². The average Bonchev–Trinajstić information content (AvgIpc) is 2.08. The van der Waals surface area contributed by atoms with Crippen molar-refractivity contribution < 1.29 is 13.9 Å². The van der Waals surface area contributed by atoms with Crippen molar-refractivity contribution in [1.82, 2.24) is 0 Å². The Labute approximate surface area is 102 Å². The van der Waals surface area contributed by atoms with Crippen LogP contribution in [0, 0.1) is 5.82 Å². The summed E-state index contributed by atoms with van der Waals surface area (Å²) < 4.78 is 18.8. The number of carbonyl (C=O) groups excluding carboxylic acids is 1. The highest BCUT2D eigenvalue weighted by atomic mass is 79.9. The highest BCUT2D eigenvalue weighted by molar-refractivity contribution is 9.10. The third-order valence-electron chi connectivity index (χ3n) is 1.71. The lowest BCUT2D eigenvalue weighted by atomic mass is 10.1. The number of nitrogen functional groups attached to an aromatic ring is 1. The van der Waals surface area contributed by atoms with E-state index in [2.05, 4.69) is 15.9 Å². The van der Waals surface area contributed by atoms with E-state index in [1.807, 2.05) is 0 Å². The molecule has 0 unspecified atom stereocenters. The van der Waals surface area contributed by atoms with Crippen LogP contribution in [0.15, 0.2) is 16.6 Å². The molecule has 2 N–H and O–H groups in total. The Morgan fingerprint density at radius 3 is 2.50 bits per heavy atom. The molecule has 0 aliphatic heterocycles. The summed E-state index contributed by atoms with van der Waals surface area (Å²) >= 11 is 3.09. The van der Waals surface area contributed by atoms with Crippen LogP contribution < -0.4 is 5.73 Å². The van der Waals surface area contributed by atoms with Gasteiger partial charge in [0.05, 0.1) is 11.3 Å². The van der Waals surface area contributed by atoms with Crippen molar-refractivity contribution >= 4 is 27.6 Å². The van der Waals surface area contributed by atoms with Gasteiger partial charge in [-0.05, 0) is 32.9 Å². The number of ether oxygens (including phenoxy) is 1. The standard InChI is InChI=1S/C11H13BrFNO2/c1-11(2,3)16-10(15)7-4-6(12)5-8(13)9(7)14/h4-5H,14H2,1-3H3. The lowest BCUT2D eigenvalue weighted by Gasteiger charge is -2.20. The molecule has 1 rings (SSSR count). The number of rotatable bonds is 1. The third-order valence-corrected chi connectivity index (χ3v) is 2.17. The van der Waals surface area contributed by atoms with Crippen LogP contribution in [0.2, 0.25) is 0 Å². The van der Waals surface area contributed by atoms with E-state index in [-0.39, 0.29) is 11.3 Å². The maximum absolute atomic E-state index is 13.3. The van der Waals surface area contributed by atoms with Gasteiger partial charge >= 0.3 is 5.97 Å². The predicted octanol–water partition coefficient (Wildman–Crippen LogP) is 3.13. The van der Waals surface area contributed by atoms with Crippen LogP contribution in [0.4, 0.5) is 10.1 Å². The zero-order valence-electron chi connectivity index (χ0n) is 9.30. The Hall–Kier alpha value is -1.10. The van der Waals surface area contributed by atoms with Gasteiger partial charge in [-0.1, -0.05) is 15.9 Å². The van der Waals surface area contributed by atoms with Gasteiger partial charge in [-0.15, -0.1) is 0 Å². The van der Waals surface area contributed by atoms with Gasteiger partial charge in [-0.2, -0.15) is 0 Å². The zero-order chi connectivity index (χ0) is 12.5. The van der Waals surface area contributed by atoms with E-state index in [1.54, 1.807) is 20.8 Å². The summed E-state index contributed by atoms with van der Waals surface area (Å²) in [6, 6.07) is 2.63. The van der Waals surface area contributed by atoms with Crippen molar-refractivity contribution in [2.75, 3.05) is 5.73 Å². The van der Waals surface area contributed by atoms with Crippen molar-refractivity contribution in [1.29, 1.82) is 0 Å². The van der Waals surface area contributed by atoms with E-state index in [1.165, 1.54) is 12.1 Å². The first kappa shape index (κ1) is 13.0. The summed E-state index contributed by atoms with van der Waals surface area (Å²) in [5, 5.41) is 0. The normalized spacial score (nSPS) is 11.3. The molecule has 1 aromatic carbocycles. The molecule has 1 aromatic rings. The van der Waals surface area contributed by atoms with E-state index >= 15 is 0 Å². The van der Waals surface area contributed by atoms with E-state index in [0.29, 0.717) is 4.47 Å². The second-order valence-corrected chi connectivity index (χ2v) is 5.27. The van der Waals surface area contributed by atoms with Crippen LogP contribution in [0.5, 0.6) is 0 Å². The van der Waals surface area contributed by atoms with Crippen molar-refractivity contribution in [3.8, 4) is 0 Å². The van der Waals surface area contributed by atoms with Crippen molar-refractivity contribution in [2.45, 2.75) is 26.4 Å².